The third kappa shape index (κ3) is 5.02. The van der Waals surface area contributed by atoms with Gasteiger partial charge in [-0.15, -0.1) is 21.5 Å². The van der Waals surface area contributed by atoms with E-state index >= 15 is 0 Å². The Morgan fingerprint density at radius 1 is 1.19 bits per heavy atom. The van der Waals surface area contributed by atoms with E-state index < -0.39 is 10.0 Å². The molecule has 3 aromatic heterocycles. The first-order valence-corrected chi connectivity index (χ1v) is 10.8. The first-order chi connectivity index (χ1) is 13.1. The minimum absolute atomic E-state index is 0.249. The molecule has 0 unspecified atom stereocenters. The van der Waals surface area contributed by atoms with Gasteiger partial charge in [0, 0.05) is 25.8 Å². The number of rotatable bonds is 8. The fraction of sp³-hybridized carbons (Fsp3) is 0.312. The fourth-order valence-corrected chi connectivity index (χ4v) is 4.41. The van der Waals surface area contributed by atoms with Crippen molar-refractivity contribution in [3.05, 3.63) is 47.7 Å². The van der Waals surface area contributed by atoms with Crippen LogP contribution in [0.1, 0.15) is 12.7 Å². The minimum atomic E-state index is -3.45. The van der Waals surface area contributed by atoms with Gasteiger partial charge in [-0.05, 0) is 30.5 Å². The zero-order chi connectivity index (χ0) is 19.1. The van der Waals surface area contributed by atoms with Crippen LogP contribution in [0, 0.1) is 0 Å². The summed E-state index contributed by atoms with van der Waals surface area (Å²) in [4.78, 5) is 4.49. The van der Waals surface area contributed by atoms with Gasteiger partial charge < -0.3 is 10.6 Å². The van der Waals surface area contributed by atoms with E-state index in [0.717, 1.165) is 11.5 Å². The van der Waals surface area contributed by atoms with Crippen molar-refractivity contribution in [2.24, 2.45) is 4.99 Å². The molecule has 0 aliphatic carbocycles. The van der Waals surface area contributed by atoms with Crippen molar-refractivity contribution in [2.75, 3.05) is 19.6 Å². The monoisotopic (exact) mass is 407 g/mol. The molecule has 3 heterocycles. The molecule has 0 saturated carbocycles. The second-order valence-corrected chi connectivity index (χ2v) is 8.44. The van der Waals surface area contributed by atoms with E-state index in [-0.39, 0.29) is 6.54 Å². The maximum atomic E-state index is 12.1. The molecular formula is C16H21N7O2S2. The number of hydrogen-bond donors (Lipinski definition) is 3. The van der Waals surface area contributed by atoms with Gasteiger partial charge in [0.2, 0.25) is 10.0 Å². The Balaban J connectivity index is 1.55. The average Bonchev–Trinajstić information content (AvgIpc) is 3.33. The van der Waals surface area contributed by atoms with E-state index in [1.165, 1.54) is 11.3 Å². The number of aromatic nitrogens is 3. The lowest BCUT2D eigenvalue weighted by molar-refractivity contribution is 0.582. The van der Waals surface area contributed by atoms with Crippen molar-refractivity contribution < 1.29 is 8.42 Å². The summed E-state index contributed by atoms with van der Waals surface area (Å²) in [6.45, 7) is 3.65. The molecule has 0 saturated heterocycles. The molecule has 0 aliphatic heterocycles. The van der Waals surface area contributed by atoms with E-state index in [9.17, 15) is 8.42 Å². The number of thiophene rings is 1. The fourth-order valence-electron chi connectivity index (χ4n) is 2.34. The highest BCUT2D eigenvalue weighted by molar-refractivity contribution is 7.91. The molecule has 0 radical (unpaired) electrons. The highest BCUT2D eigenvalue weighted by atomic mass is 32.2. The van der Waals surface area contributed by atoms with Crippen LogP contribution in [0.15, 0.2) is 51.1 Å². The Kier molecular flexibility index (Phi) is 6.37. The van der Waals surface area contributed by atoms with Gasteiger partial charge in [-0.1, -0.05) is 12.1 Å². The Morgan fingerprint density at radius 3 is 2.85 bits per heavy atom. The number of hydrogen-bond acceptors (Lipinski definition) is 6. The summed E-state index contributed by atoms with van der Waals surface area (Å²) < 4.78 is 28.9. The molecule has 3 N–H and O–H groups in total. The Morgan fingerprint density at radius 2 is 2.07 bits per heavy atom. The van der Waals surface area contributed by atoms with Crippen LogP contribution in [-0.2, 0) is 16.6 Å². The summed E-state index contributed by atoms with van der Waals surface area (Å²) in [6.07, 6.45) is 1.89. The molecule has 0 bridgehead atoms. The first kappa shape index (κ1) is 19.3. The van der Waals surface area contributed by atoms with Crippen molar-refractivity contribution in [3.63, 3.8) is 0 Å². The molecule has 3 aromatic rings. The van der Waals surface area contributed by atoms with E-state index in [1.807, 2.05) is 35.7 Å². The third-order valence-electron chi connectivity index (χ3n) is 3.58. The molecule has 11 heteroatoms. The zero-order valence-electron chi connectivity index (χ0n) is 14.8. The Hall–Kier alpha value is -2.50. The van der Waals surface area contributed by atoms with Gasteiger partial charge in [-0.25, -0.2) is 18.1 Å². The quantitative estimate of drug-likeness (QED) is 0.290. The van der Waals surface area contributed by atoms with Crippen LogP contribution in [0.5, 0.6) is 0 Å². The van der Waals surface area contributed by atoms with Crippen molar-refractivity contribution in [3.8, 4) is 0 Å². The lowest BCUT2D eigenvalue weighted by atomic mass is 10.4. The van der Waals surface area contributed by atoms with Gasteiger partial charge in [-0.3, -0.25) is 4.40 Å². The topological polar surface area (TPSA) is 113 Å². The van der Waals surface area contributed by atoms with Crippen LogP contribution in [0.3, 0.4) is 0 Å². The van der Waals surface area contributed by atoms with Crippen LogP contribution < -0.4 is 15.4 Å². The predicted octanol–water partition coefficient (Wildman–Crippen LogP) is 0.824. The van der Waals surface area contributed by atoms with Crippen LogP contribution >= 0.6 is 11.3 Å². The van der Waals surface area contributed by atoms with E-state index in [0.29, 0.717) is 29.8 Å². The first-order valence-electron chi connectivity index (χ1n) is 8.44. The number of sulfonamides is 1. The molecule has 0 atom stereocenters. The maximum Gasteiger partial charge on any atom is 0.250 e. The highest BCUT2D eigenvalue weighted by Gasteiger charge is 2.13. The van der Waals surface area contributed by atoms with Gasteiger partial charge in [0.15, 0.2) is 17.4 Å². The van der Waals surface area contributed by atoms with Gasteiger partial charge in [-0.2, -0.15) is 0 Å². The summed E-state index contributed by atoms with van der Waals surface area (Å²) in [6, 6.07) is 8.98. The molecule has 0 spiro atoms. The summed E-state index contributed by atoms with van der Waals surface area (Å²) in [5.74, 6) is 1.31. The molecule has 0 fully saturated rings. The van der Waals surface area contributed by atoms with Crippen molar-refractivity contribution >= 4 is 33.0 Å². The Labute approximate surface area is 161 Å². The van der Waals surface area contributed by atoms with E-state index in [4.69, 9.17) is 0 Å². The molecule has 9 nitrogen and oxygen atoms in total. The molecule has 0 aliphatic rings. The molecule has 3 rings (SSSR count). The summed E-state index contributed by atoms with van der Waals surface area (Å²) in [7, 11) is -3.45. The number of nitrogens with one attached hydrogen (secondary N) is 3. The van der Waals surface area contributed by atoms with Gasteiger partial charge in [0.05, 0.1) is 0 Å². The lowest BCUT2D eigenvalue weighted by Gasteiger charge is -2.11. The van der Waals surface area contributed by atoms with Crippen LogP contribution in [0.25, 0.3) is 5.65 Å². The van der Waals surface area contributed by atoms with Crippen molar-refractivity contribution in [1.29, 1.82) is 0 Å². The van der Waals surface area contributed by atoms with E-state index in [2.05, 4.69) is 30.5 Å². The normalized spacial score (nSPS) is 12.4. The summed E-state index contributed by atoms with van der Waals surface area (Å²) in [5.41, 5.74) is 0.767. The second-order valence-electron chi connectivity index (χ2n) is 5.50. The lowest BCUT2D eigenvalue weighted by Crippen LogP contribution is -2.41. The number of fused-ring (bicyclic) bond motifs is 1. The smallest absolute Gasteiger partial charge is 0.250 e. The number of nitrogens with zero attached hydrogens (tertiary/aromatic N) is 4. The predicted molar refractivity (Wildman–Crippen MR) is 105 cm³/mol. The Bertz CT molecular complexity index is 997. The maximum absolute atomic E-state index is 12.1. The highest BCUT2D eigenvalue weighted by Crippen LogP contribution is 2.14. The van der Waals surface area contributed by atoms with Crippen LogP contribution in [0.2, 0.25) is 0 Å². The molecule has 0 aromatic carbocycles. The van der Waals surface area contributed by atoms with Gasteiger partial charge in [0.1, 0.15) is 10.8 Å². The van der Waals surface area contributed by atoms with Crippen LogP contribution in [0.4, 0.5) is 0 Å². The number of aliphatic imine (C=N–C) groups is 1. The molecule has 27 heavy (non-hydrogen) atoms. The van der Waals surface area contributed by atoms with Gasteiger partial charge >= 0.3 is 0 Å². The van der Waals surface area contributed by atoms with Crippen LogP contribution in [-0.4, -0.2) is 48.6 Å². The summed E-state index contributed by atoms with van der Waals surface area (Å²) in [5, 5.41) is 16.2. The largest absolute Gasteiger partial charge is 0.357 e. The molecule has 0 amide bonds. The standard InChI is InChI=1S/C16H21N7O2S2/c1-2-17-16(18-8-9-20-27(24,25)15-7-5-11-26-15)19-12-14-22-21-13-6-3-4-10-23(13)14/h3-7,10-11,20H,2,8-9,12H2,1H3,(H2,17,18,19). The average molecular weight is 408 g/mol. The number of pyridine rings is 1. The van der Waals surface area contributed by atoms with Crippen molar-refractivity contribution in [2.45, 2.75) is 17.7 Å². The SMILES string of the molecule is CCNC(=NCc1nnc2ccccn12)NCCNS(=O)(=O)c1cccs1. The van der Waals surface area contributed by atoms with Gasteiger partial charge in [0.25, 0.3) is 0 Å². The molecule has 144 valence electrons. The second kappa shape index (κ2) is 8.93. The minimum Gasteiger partial charge on any atom is -0.357 e. The summed E-state index contributed by atoms with van der Waals surface area (Å²) >= 11 is 1.19. The van der Waals surface area contributed by atoms with E-state index in [1.54, 1.807) is 17.5 Å². The molecular weight excluding hydrogens is 386 g/mol. The third-order valence-corrected chi connectivity index (χ3v) is 6.44. The van der Waals surface area contributed by atoms with Crippen molar-refractivity contribution in [1.82, 2.24) is 30.0 Å². The zero-order valence-corrected chi connectivity index (χ0v) is 16.4. The number of guanidine groups is 1.